The summed E-state index contributed by atoms with van der Waals surface area (Å²) in [5, 5.41) is 0. The molecule has 2 nitrogen and oxygen atoms in total. The Morgan fingerprint density at radius 2 is 2.06 bits per heavy atom. The van der Waals surface area contributed by atoms with Gasteiger partial charge in [0.2, 0.25) is 0 Å². The quantitative estimate of drug-likeness (QED) is 0.830. The third-order valence-corrected chi connectivity index (χ3v) is 3.29. The van der Waals surface area contributed by atoms with Crippen LogP contribution in [0.3, 0.4) is 0 Å². The zero-order valence-electron chi connectivity index (χ0n) is 10.2. The molecule has 0 heterocycles. The van der Waals surface area contributed by atoms with Gasteiger partial charge in [0.25, 0.3) is 0 Å². The maximum atomic E-state index is 6.03. The van der Waals surface area contributed by atoms with Crippen LogP contribution in [0.1, 0.15) is 36.8 Å². The van der Waals surface area contributed by atoms with Crippen molar-refractivity contribution in [3.05, 3.63) is 29.3 Å². The van der Waals surface area contributed by atoms with Crippen molar-refractivity contribution in [3.63, 3.8) is 0 Å². The minimum atomic E-state index is 0.310. The first-order chi connectivity index (χ1) is 7.65. The average Bonchev–Trinajstić information content (AvgIpc) is 2.22. The summed E-state index contributed by atoms with van der Waals surface area (Å²) in [6.07, 6.45) is 4.78. The second-order valence-electron chi connectivity index (χ2n) is 4.94. The summed E-state index contributed by atoms with van der Waals surface area (Å²) < 4.78 is 6.03. The highest BCUT2D eigenvalue weighted by molar-refractivity contribution is 5.35. The first-order valence-electron chi connectivity index (χ1n) is 6.14. The van der Waals surface area contributed by atoms with E-state index in [1.165, 1.54) is 17.5 Å². The lowest BCUT2D eigenvalue weighted by atomic mass is 9.93. The molecule has 0 aliphatic heterocycles. The van der Waals surface area contributed by atoms with Crippen LogP contribution in [0.2, 0.25) is 0 Å². The topological polar surface area (TPSA) is 35.2 Å². The maximum Gasteiger partial charge on any atom is 0.122 e. The molecule has 1 aromatic rings. The van der Waals surface area contributed by atoms with Gasteiger partial charge in [-0.3, -0.25) is 0 Å². The second-order valence-corrected chi connectivity index (χ2v) is 4.94. The fourth-order valence-electron chi connectivity index (χ4n) is 2.40. The minimum Gasteiger partial charge on any atom is -0.490 e. The van der Waals surface area contributed by atoms with Gasteiger partial charge in [0.15, 0.2) is 0 Å². The standard InChI is InChI=1S/C14H21NO/c1-10-6-7-14(11(2)8-10)16-13-5-3-4-12(15)9-13/h6-8,12-13H,3-5,9,15H2,1-2H3. The molecule has 2 rings (SSSR count). The fourth-order valence-corrected chi connectivity index (χ4v) is 2.40. The molecule has 2 heteroatoms. The summed E-state index contributed by atoms with van der Waals surface area (Å²) >= 11 is 0. The highest BCUT2D eigenvalue weighted by Crippen LogP contribution is 2.25. The monoisotopic (exact) mass is 219 g/mol. The molecule has 1 aromatic carbocycles. The molecule has 2 unspecified atom stereocenters. The van der Waals surface area contributed by atoms with E-state index in [4.69, 9.17) is 10.5 Å². The van der Waals surface area contributed by atoms with Gasteiger partial charge >= 0.3 is 0 Å². The normalized spacial score (nSPS) is 25.4. The Bertz CT molecular complexity index is 362. The molecule has 16 heavy (non-hydrogen) atoms. The first kappa shape index (κ1) is 11.5. The lowest BCUT2D eigenvalue weighted by molar-refractivity contribution is 0.143. The molecule has 1 saturated carbocycles. The van der Waals surface area contributed by atoms with Gasteiger partial charge in [0.1, 0.15) is 11.9 Å². The number of ether oxygens (including phenoxy) is 1. The van der Waals surface area contributed by atoms with Crippen molar-refractivity contribution in [1.82, 2.24) is 0 Å². The van der Waals surface area contributed by atoms with Crippen molar-refractivity contribution >= 4 is 0 Å². The molecule has 88 valence electrons. The molecule has 0 bridgehead atoms. The van der Waals surface area contributed by atoms with Gasteiger partial charge in [-0.2, -0.15) is 0 Å². The van der Waals surface area contributed by atoms with Crippen molar-refractivity contribution in [2.45, 2.75) is 51.7 Å². The molecule has 1 aliphatic carbocycles. The highest BCUT2D eigenvalue weighted by Gasteiger charge is 2.20. The molecule has 2 atom stereocenters. The number of aryl methyl sites for hydroxylation is 2. The Morgan fingerprint density at radius 3 is 2.75 bits per heavy atom. The summed E-state index contributed by atoms with van der Waals surface area (Å²) in [5.41, 5.74) is 8.46. The van der Waals surface area contributed by atoms with Crippen molar-refractivity contribution < 1.29 is 4.74 Å². The van der Waals surface area contributed by atoms with Gasteiger partial charge in [0, 0.05) is 6.04 Å². The Hall–Kier alpha value is -1.02. The zero-order valence-corrected chi connectivity index (χ0v) is 10.2. The predicted octanol–water partition coefficient (Wildman–Crippen LogP) is 2.95. The lowest BCUT2D eigenvalue weighted by Gasteiger charge is -2.27. The molecule has 0 aromatic heterocycles. The van der Waals surface area contributed by atoms with E-state index < -0.39 is 0 Å². The molecule has 1 aliphatic rings. The van der Waals surface area contributed by atoms with E-state index in [2.05, 4.69) is 32.0 Å². The Morgan fingerprint density at radius 1 is 1.25 bits per heavy atom. The number of hydrogen-bond acceptors (Lipinski definition) is 2. The fraction of sp³-hybridized carbons (Fsp3) is 0.571. The van der Waals surface area contributed by atoms with E-state index in [1.54, 1.807) is 0 Å². The molecule has 2 N–H and O–H groups in total. The minimum absolute atomic E-state index is 0.310. The highest BCUT2D eigenvalue weighted by atomic mass is 16.5. The summed E-state index contributed by atoms with van der Waals surface area (Å²) in [5.74, 6) is 1.02. The number of rotatable bonds is 2. The summed E-state index contributed by atoms with van der Waals surface area (Å²) in [6, 6.07) is 6.66. The van der Waals surface area contributed by atoms with Crippen LogP contribution in [-0.4, -0.2) is 12.1 Å². The van der Waals surface area contributed by atoms with Crippen molar-refractivity contribution in [3.8, 4) is 5.75 Å². The molecule has 0 amide bonds. The van der Waals surface area contributed by atoms with E-state index in [9.17, 15) is 0 Å². The second kappa shape index (κ2) is 4.88. The Kier molecular flexibility index (Phi) is 3.49. The van der Waals surface area contributed by atoms with Gasteiger partial charge in [-0.05, 0) is 51.2 Å². The molecular weight excluding hydrogens is 198 g/mol. The van der Waals surface area contributed by atoms with Crippen LogP contribution in [0, 0.1) is 13.8 Å². The number of benzene rings is 1. The molecule has 0 spiro atoms. The van der Waals surface area contributed by atoms with Crippen molar-refractivity contribution in [2.75, 3.05) is 0 Å². The van der Waals surface area contributed by atoms with Crippen LogP contribution in [0.25, 0.3) is 0 Å². The number of nitrogens with two attached hydrogens (primary N) is 1. The van der Waals surface area contributed by atoms with Crippen LogP contribution in [0.4, 0.5) is 0 Å². The number of hydrogen-bond donors (Lipinski definition) is 1. The molecule has 0 radical (unpaired) electrons. The van der Waals surface area contributed by atoms with E-state index in [-0.39, 0.29) is 0 Å². The third-order valence-electron chi connectivity index (χ3n) is 3.29. The van der Waals surface area contributed by atoms with Crippen molar-refractivity contribution in [1.29, 1.82) is 0 Å². The Labute approximate surface area is 97.8 Å². The van der Waals surface area contributed by atoms with Gasteiger partial charge in [-0.1, -0.05) is 17.7 Å². The van der Waals surface area contributed by atoms with Crippen molar-refractivity contribution in [2.24, 2.45) is 5.73 Å². The summed E-state index contributed by atoms with van der Waals surface area (Å²) in [6.45, 7) is 4.21. The van der Waals surface area contributed by atoms with E-state index in [1.807, 2.05) is 0 Å². The SMILES string of the molecule is Cc1ccc(OC2CCCC(N)C2)c(C)c1. The molecule has 0 saturated heterocycles. The summed E-state index contributed by atoms with van der Waals surface area (Å²) in [7, 11) is 0. The average molecular weight is 219 g/mol. The van der Waals surface area contributed by atoms with Crippen LogP contribution in [0.5, 0.6) is 5.75 Å². The largest absolute Gasteiger partial charge is 0.490 e. The van der Waals surface area contributed by atoms with Gasteiger partial charge in [-0.15, -0.1) is 0 Å². The Balaban J connectivity index is 2.02. The molecule has 1 fully saturated rings. The lowest BCUT2D eigenvalue weighted by Crippen LogP contribution is -2.33. The van der Waals surface area contributed by atoms with E-state index in [0.717, 1.165) is 25.0 Å². The predicted molar refractivity (Wildman–Crippen MR) is 66.8 cm³/mol. The maximum absolute atomic E-state index is 6.03. The van der Waals surface area contributed by atoms with Crippen LogP contribution in [-0.2, 0) is 0 Å². The first-order valence-corrected chi connectivity index (χ1v) is 6.14. The summed E-state index contributed by atoms with van der Waals surface area (Å²) in [4.78, 5) is 0. The zero-order chi connectivity index (χ0) is 11.5. The third kappa shape index (κ3) is 2.76. The van der Waals surface area contributed by atoms with E-state index in [0.29, 0.717) is 12.1 Å². The smallest absolute Gasteiger partial charge is 0.122 e. The van der Waals surface area contributed by atoms with Gasteiger partial charge in [-0.25, -0.2) is 0 Å². The van der Waals surface area contributed by atoms with Crippen LogP contribution in [0.15, 0.2) is 18.2 Å². The van der Waals surface area contributed by atoms with E-state index >= 15 is 0 Å². The van der Waals surface area contributed by atoms with Crippen LogP contribution >= 0.6 is 0 Å². The van der Waals surface area contributed by atoms with Gasteiger partial charge in [0.05, 0.1) is 0 Å². The van der Waals surface area contributed by atoms with Gasteiger partial charge < -0.3 is 10.5 Å². The van der Waals surface area contributed by atoms with Crippen LogP contribution < -0.4 is 10.5 Å². The molecular formula is C14H21NO.